The lowest BCUT2D eigenvalue weighted by Gasteiger charge is -2.26. The van der Waals surface area contributed by atoms with E-state index in [4.69, 9.17) is 14.2 Å². The topological polar surface area (TPSA) is 30.9 Å². The highest BCUT2D eigenvalue weighted by molar-refractivity contribution is 5.23. The fraction of sp³-hybridized carbons (Fsp3) is 0.625. The van der Waals surface area contributed by atoms with Gasteiger partial charge in [0.2, 0.25) is 0 Å². The van der Waals surface area contributed by atoms with Gasteiger partial charge >= 0.3 is 0 Å². The highest BCUT2D eigenvalue weighted by Crippen LogP contribution is 2.20. The van der Waals surface area contributed by atoms with Crippen LogP contribution in [0.4, 0.5) is 0 Å². The van der Waals surface area contributed by atoms with Gasteiger partial charge < -0.3 is 14.2 Å². The molecule has 4 heteroatoms. The van der Waals surface area contributed by atoms with Crippen LogP contribution in [-0.4, -0.2) is 44.4 Å². The molecular weight excluding hydrogens is 254 g/mol. The Balaban J connectivity index is 1.93. The van der Waals surface area contributed by atoms with Crippen molar-refractivity contribution < 1.29 is 14.2 Å². The zero-order valence-electron chi connectivity index (χ0n) is 12.5. The van der Waals surface area contributed by atoms with Crippen molar-refractivity contribution >= 4 is 0 Å². The average molecular weight is 279 g/mol. The average Bonchev–Trinajstić information content (AvgIpc) is 2.49. The Hall–Kier alpha value is -0.940. The molecule has 0 radical (unpaired) electrons. The number of rotatable bonds is 7. The maximum absolute atomic E-state index is 5.61. The third-order valence-electron chi connectivity index (χ3n) is 3.40. The molecular formula is C16H25NO3. The Labute approximate surface area is 121 Å². The van der Waals surface area contributed by atoms with E-state index in [1.54, 1.807) is 0 Å². The predicted octanol–water partition coefficient (Wildman–Crippen LogP) is 2.59. The van der Waals surface area contributed by atoms with Gasteiger partial charge in [0.1, 0.15) is 0 Å². The molecule has 1 fully saturated rings. The van der Waals surface area contributed by atoms with Crippen molar-refractivity contribution in [3.63, 3.8) is 0 Å². The summed E-state index contributed by atoms with van der Waals surface area (Å²) in [5.41, 5.74) is 2.40. The highest BCUT2D eigenvalue weighted by Gasteiger charge is 2.13. The number of ether oxygens (including phenoxy) is 3. The molecule has 1 heterocycles. The lowest BCUT2D eigenvalue weighted by Crippen LogP contribution is -2.35. The molecule has 1 aromatic rings. The summed E-state index contributed by atoms with van der Waals surface area (Å²) < 4.78 is 16.6. The Morgan fingerprint density at radius 2 is 1.65 bits per heavy atom. The van der Waals surface area contributed by atoms with Crippen molar-refractivity contribution in [1.29, 1.82) is 0 Å². The molecule has 0 saturated carbocycles. The van der Waals surface area contributed by atoms with Gasteiger partial charge in [-0.3, -0.25) is 4.90 Å². The molecule has 1 aliphatic heterocycles. The van der Waals surface area contributed by atoms with Gasteiger partial charge in [-0.2, -0.15) is 0 Å². The van der Waals surface area contributed by atoms with Gasteiger partial charge in [-0.15, -0.1) is 0 Å². The predicted molar refractivity (Wildman–Crippen MR) is 78.5 cm³/mol. The first-order chi connectivity index (χ1) is 9.83. The largest absolute Gasteiger partial charge is 0.379 e. The Morgan fingerprint density at radius 3 is 2.20 bits per heavy atom. The smallest absolute Gasteiger partial charge is 0.183 e. The van der Waals surface area contributed by atoms with Crippen LogP contribution in [0.1, 0.15) is 31.3 Å². The summed E-state index contributed by atoms with van der Waals surface area (Å²) >= 11 is 0. The van der Waals surface area contributed by atoms with E-state index in [2.05, 4.69) is 29.2 Å². The van der Waals surface area contributed by atoms with E-state index in [0.29, 0.717) is 13.2 Å². The molecule has 112 valence electrons. The normalized spacial score (nSPS) is 16.8. The zero-order valence-corrected chi connectivity index (χ0v) is 12.5. The second-order valence-corrected chi connectivity index (χ2v) is 4.87. The van der Waals surface area contributed by atoms with Gasteiger partial charge in [0.15, 0.2) is 6.29 Å². The van der Waals surface area contributed by atoms with E-state index in [-0.39, 0.29) is 6.29 Å². The summed E-state index contributed by atoms with van der Waals surface area (Å²) in [4.78, 5) is 2.42. The summed E-state index contributed by atoms with van der Waals surface area (Å²) in [5.74, 6) is 0. The molecule has 0 atom stereocenters. The highest BCUT2D eigenvalue weighted by atomic mass is 16.7. The fourth-order valence-electron chi connectivity index (χ4n) is 2.34. The van der Waals surface area contributed by atoms with Gasteiger partial charge in [0.25, 0.3) is 0 Å². The minimum Gasteiger partial charge on any atom is -0.379 e. The summed E-state index contributed by atoms with van der Waals surface area (Å²) in [6.45, 7) is 9.98. The first kappa shape index (κ1) is 15.4. The molecule has 2 rings (SSSR count). The van der Waals surface area contributed by atoms with Crippen molar-refractivity contribution in [3.8, 4) is 0 Å². The maximum Gasteiger partial charge on any atom is 0.183 e. The van der Waals surface area contributed by atoms with Crippen LogP contribution in [0.25, 0.3) is 0 Å². The van der Waals surface area contributed by atoms with E-state index in [9.17, 15) is 0 Å². The van der Waals surface area contributed by atoms with Crippen molar-refractivity contribution in [2.75, 3.05) is 39.5 Å². The Bertz CT molecular complexity index is 368. The van der Waals surface area contributed by atoms with E-state index in [1.165, 1.54) is 5.56 Å². The molecule has 0 amide bonds. The minimum atomic E-state index is -0.248. The van der Waals surface area contributed by atoms with Gasteiger partial charge in [-0.25, -0.2) is 0 Å². The molecule has 1 aromatic carbocycles. The fourth-order valence-corrected chi connectivity index (χ4v) is 2.34. The number of hydrogen-bond acceptors (Lipinski definition) is 4. The van der Waals surface area contributed by atoms with E-state index in [1.807, 2.05) is 13.8 Å². The second-order valence-electron chi connectivity index (χ2n) is 4.87. The van der Waals surface area contributed by atoms with Crippen LogP contribution in [0.5, 0.6) is 0 Å². The quantitative estimate of drug-likeness (QED) is 0.718. The Morgan fingerprint density at radius 1 is 1.05 bits per heavy atom. The van der Waals surface area contributed by atoms with Crippen molar-refractivity contribution in [2.45, 2.75) is 26.7 Å². The lowest BCUT2D eigenvalue weighted by atomic mass is 10.1. The number of morpholine rings is 1. The monoisotopic (exact) mass is 279 g/mol. The molecule has 4 nitrogen and oxygen atoms in total. The van der Waals surface area contributed by atoms with Gasteiger partial charge in [0, 0.05) is 38.4 Å². The van der Waals surface area contributed by atoms with Gasteiger partial charge in [0.05, 0.1) is 13.2 Å². The number of hydrogen-bond donors (Lipinski definition) is 0. The second kappa shape index (κ2) is 8.37. The van der Waals surface area contributed by atoms with E-state index < -0.39 is 0 Å². The van der Waals surface area contributed by atoms with Crippen LogP contribution in [-0.2, 0) is 20.8 Å². The third kappa shape index (κ3) is 4.56. The SMILES string of the molecule is CCOC(OCC)c1ccc(CN2CCOCC2)cc1. The van der Waals surface area contributed by atoms with E-state index in [0.717, 1.165) is 38.4 Å². The van der Waals surface area contributed by atoms with Gasteiger partial charge in [-0.05, 0) is 19.4 Å². The third-order valence-corrected chi connectivity index (χ3v) is 3.40. The first-order valence-electron chi connectivity index (χ1n) is 7.45. The van der Waals surface area contributed by atoms with E-state index >= 15 is 0 Å². The summed E-state index contributed by atoms with van der Waals surface area (Å²) in [7, 11) is 0. The van der Waals surface area contributed by atoms with Crippen LogP contribution in [0.3, 0.4) is 0 Å². The Kier molecular flexibility index (Phi) is 6.47. The molecule has 0 N–H and O–H groups in total. The minimum absolute atomic E-state index is 0.248. The van der Waals surface area contributed by atoms with Crippen LogP contribution in [0.2, 0.25) is 0 Å². The molecule has 20 heavy (non-hydrogen) atoms. The summed E-state index contributed by atoms with van der Waals surface area (Å²) in [6, 6.07) is 8.53. The van der Waals surface area contributed by atoms with Gasteiger partial charge in [-0.1, -0.05) is 24.3 Å². The standard InChI is InChI=1S/C16H25NO3/c1-3-19-16(20-4-2)15-7-5-14(6-8-15)13-17-9-11-18-12-10-17/h5-8,16H,3-4,9-13H2,1-2H3. The van der Waals surface area contributed by atoms with Crippen LogP contribution in [0, 0.1) is 0 Å². The molecule has 0 bridgehead atoms. The molecule has 1 aliphatic rings. The molecule has 0 aliphatic carbocycles. The van der Waals surface area contributed by atoms with Crippen LogP contribution in [0.15, 0.2) is 24.3 Å². The molecule has 0 aromatic heterocycles. The maximum atomic E-state index is 5.61. The van der Waals surface area contributed by atoms with Crippen molar-refractivity contribution in [3.05, 3.63) is 35.4 Å². The van der Waals surface area contributed by atoms with Crippen molar-refractivity contribution in [1.82, 2.24) is 4.90 Å². The first-order valence-corrected chi connectivity index (χ1v) is 7.45. The van der Waals surface area contributed by atoms with Crippen LogP contribution >= 0.6 is 0 Å². The number of benzene rings is 1. The molecule has 0 spiro atoms. The summed E-state index contributed by atoms with van der Waals surface area (Å²) in [5, 5.41) is 0. The van der Waals surface area contributed by atoms with Crippen LogP contribution < -0.4 is 0 Å². The summed E-state index contributed by atoms with van der Waals surface area (Å²) in [6.07, 6.45) is -0.248. The molecule has 0 unspecified atom stereocenters. The zero-order chi connectivity index (χ0) is 14.2. The van der Waals surface area contributed by atoms with Crippen molar-refractivity contribution in [2.24, 2.45) is 0 Å². The lowest BCUT2D eigenvalue weighted by molar-refractivity contribution is -0.140. The molecule has 1 saturated heterocycles. The number of nitrogens with zero attached hydrogens (tertiary/aromatic N) is 1.